The first-order valence-corrected chi connectivity index (χ1v) is 12.5. The number of benzene rings is 2. The largest absolute Gasteiger partial charge is 0.325 e. The predicted octanol–water partition coefficient (Wildman–Crippen LogP) is 4.60. The summed E-state index contributed by atoms with van der Waals surface area (Å²) in [5.41, 5.74) is 2.58. The minimum Gasteiger partial charge on any atom is -0.325 e. The highest BCUT2D eigenvalue weighted by Gasteiger charge is 2.31. The van der Waals surface area contributed by atoms with Crippen molar-refractivity contribution in [2.24, 2.45) is 5.92 Å². The van der Waals surface area contributed by atoms with E-state index in [1.165, 1.54) is 4.31 Å². The van der Waals surface area contributed by atoms with E-state index < -0.39 is 10.0 Å². The van der Waals surface area contributed by atoms with Gasteiger partial charge in [-0.05, 0) is 35.9 Å². The van der Waals surface area contributed by atoms with E-state index in [1.54, 1.807) is 11.3 Å². The summed E-state index contributed by atoms with van der Waals surface area (Å²) in [5, 5.41) is 5.08. The van der Waals surface area contributed by atoms with Crippen molar-refractivity contribution in [3.05, 3.63) is 77.7 Å². The summed E-state index contributed by atoms with van der Waals surface area (Å²) in [6.07, 6.45) is 1.06. The number of rotatable bonds is 6. The minimum atomic E-state index is -3.38. The van der Waals surface area contributed by atoms with E-state index in [1.807, 2.05) is 72.1 Å². The fourth-order valence-electron chi connectivity index (χ4n) is 3.75. The molecule has 2 aromatic carbocycles. The van der Waals surface area contributed by atoms with Crippen LogP contribution >= 0.6 is 11.3 Å². The molecule has 0 aliphatic carbocycles. The summed E-state index contributed by atoms with van der Waals surface area (Å²) in [6.45, 7) is 0.750. The Kier molecular flexibility index (Phi) is 6.32. The Morgan fingerprint density at radius 3 is 2.37 bits per heavy atom. The molecule has 1 fully saturated rings. The topological polar surface area (TPSA) is 66.5 Å². The number of amides is 1. The second-order valence-electron chi connectivity index (χ2n) is 7.43. The van der Waals surface area contributed by atoms with Gasteiger partial charge in [-0.15, -0.1) is 11.3 Å². The number of hydrogen-bond acceptors (Lipinski definition) is 4. The molecule has 156 valence electrons. The second kappa shape index (κ2) is 9.12. The summed E-state index contributed by atoms with van der Waals surface area (Å²) < 4.78 is 27.0. The molecule has 0 radical (unpaired) electrons. The molecule has 1 aliphatic rings. The van der Waals surface area contributed by atoms with Gasteiger partial charge in [0.05, 0.1) is 5.75 Å². The quantitative estimate of drug-likeness (QED) is 0.609. The molecule has 1 aromatic heterocycles. The second-order valence-corrected chi connectivity index (χ2v) is 10.3. The number of piperidine rings is 1. The first kappa shape index (κ1) is 20.8. The first-order chi connectivity index (χ1) is 14.5. The van der Waals surface area contributed by atoms with Crippen molar-refractivity contribution in [3.8, 4) is 10.4 Å². The number of hydrogen-bond donors (Lipinski definition) is 1. The van der Waals surface area contributed by atoms with Gasteiger partial charge < -0.3 is 5.32 Å². The number of carbonyl (C=O) groups is 1. The van der Waals surface area contributed by atoms with Crippen LogP contribution in [0.4, 0.5) is 5.69 Å². The molecule has 30 heavy (non-hydrogen) atoms. The molecule has 0 bridgehead atoms. The van der Waals surface area contributed by atoms with Gasteiger partial charge in [0.25, 0.3) is 0 Å². The zero-order valence-electron chi connectivity index (χ0n) is 16.5. The van der Waals surface area contributed by atoms with Gasteiger partial charge in [-0.3, -0.25) is 4.79 Å². The summed E-state index contributed by atoms with van der Waals surface area (Å²) in [7, 11) is -3.38. The number of para-hydroxylation sites is 1. The fourth-order valence-corrected chi connectivity index (χ4v) is 6.08. The van der Waals surface area contributed by atoms with Gasteiger partial charge in [-0.25, -0.2) is 12.7 Å². The summed E-state index contributed by atoms with van der Waals surface area (Å²) in [4.78, 5) is 14.0. The van der Waals surface area contributed by atoms with Gasteiger partial charge >= 0.3 is 0 Å². The average molecular weight is 441 g/mol. The number of nitrogens with one attached hydrogen (secondary N) is 1. The lowest BCUT2D eigenvalue weighted by Crippen LogP contribution is -2.41. The van der Waals surface area contributed by atoms with Crippen LogP contribution in [0, 0.1) is 5.92 Å². The van der Waals surface area contributed by atoms with Gasteiger partial charge in [0.1, 0.15) is 0 Å². The Bertz CT molecular complexity index is 1090. The smallest absolute Gasteiger partial charge is 0.227 e. The molecule has 2 heterocycles. The van der Waals surface area contributed by atoms with Crippen molar-refractivity contribution in [1.29, 1.82) is 0 Å². The van der Waals surface area contributed by atoms with Crippen molar-refractivity contribution in [2.75, 3.05) is 18.4 Å². The van der Waals surface area contributed by atoms with Gasteiger partial charge in [0.2, 0.25) is 15.9 Å². The number of sulfonamides is 1. The highest BCUT2D eigenvalue weighted by molar-refractivity contribution is 7.88. The van der Waals surface area contributed by atoms with E-state index in [4.69, 9.17) is 0 Å². The van der Waals surface area contributed by atoms with Crippen LogP contribution in [-0.2, 0) is 20.6 Å². The van der Waals surface area contributed by atoms with Crippen LogP contribution in [0.3, 0.4) is 0 Å². The number of nitrogens with zero attached hydrogens (tertiary/aromatic N) is 1. The molecule has 1 N–H and O–H groups in total. The molecular weight excluding hydrogens is 416 g/mol. The number of anilines is 1. The maximum absolute atomic E-state index is 12.9. The standard InChI is InChI=1S/C23H24N2O3S2/c26-23(24-21-10-5-4-9-20(21)22-11-6-16-29-22)19-12-14-25(15-13-19)30(27,28)17-18-7-2-1-3-8-18/h1-11,16,19H,12-15,17H2,(H,24,26). The molecule has 1 saturated heterocycles. The molecule has 0 atom stereocenters. The number of thiophene rings is 1. The third-order valence-corrected chi connectivity index (χ3v) is 8.13. The first-order valence-electron chi connectivity index (χ1n) is 9.98. The van der Waals surface area contributed by atoms with Gasteiger partial charge in [-0.2, -0.15) is 0 Å². The van der Waals surface area contributed by atoms with E-state index in [9.17, 15) is 13.2 Å². The van der Waals surface area contributed by atoms with Gasteiger partial charge in [-0.1, -0.05) is 54.6 Å². The van der Waals surface area contributed by atoms with E-state index in [2.05, 4.69) is 5.32 Å². The van der Waals surface area contributed by atoms with Crippen LogP contribution in [0.25, 0.3) is 10.4 Å². The van der Waals surface area contributed by atoms with E-state index in [0.29, 0.717) is 25.9 Å². The summed E-state index contributed by atoms with van der Waals surface area (Å²) >= 11 is 1.63. The van der Waals surface area contributed by atoms with Crippen LogP contribution < -0.4 is 5.32 Å². The fraction of sp³-hybridized carbons (Fsp3) is 0.261. The zero-order chi connectivity index (χ0) is 21.0. The van der Waals surface area contributed by atoms with Crippen molar-refractivity contribution < 1.29 is 13.2 Å². The Hall–Kier alpha value is -2.48. The maximum Gasteiger partial charge on any atom is 0.227 e. The van der Waals surface area contributed by atoms with Gasteiger partial charge in [0.15, 0.2) is 0 Å². The molecule has 1 amide bonds. The van der Waals surface area contributed by atoms with E-state index >= 15 is 0 Å². The van der Waals surface area contributed by atoms with E-state index in [-0.39, 0.29) is 17.6 Å². The molecule has 0 saturated carbocycles. The molecule has 4 rings (SSSR count). The molecule has 0 spiro atoms. The minimum absolute atomic E-state index is 0.00110. The Morgan fingerprint density at radius 1 is 0.967 bits per heavy atom. The third-order valence-electron chi connectivity index (χ3n) is 5.38. The molecule has 0 unspecified atom stereocenters. The zero-order valence-corrected chi connectivity index (χ0v) is 18.2. The molecule has 1 aliphatic heterocycles. The Morgan fingerprint density at radius 2 is 1.67 bits per heavy atom. The molecular formula is C23H24N2O3S2. The predicted molar refractivity (Wildman–Crippen MR) is 122 cm³/mol. The van der Waals surface area contributed by atoms with Crippen LogP contribution in [0.1, 0.15) is 18.4 Å². The summed E-state index contributed by atoms with van der Waals surface area (Å²) in [6, 6.07) is 21.0. The molecule has 7 heteroatoms. The van der Waals surface area contributed by atoms with Crippen molar-refractivity contribution >= 4 is 33.0 Å². The lowest BCUT2D eigenvalue weighted by molar-refractivity contribution is -0.120. The van der Waals surface area contributed by atoms with E-state index in [0.717, 1.165) is 21.7 Å². The van der Waals surface area contributed by atoms with Crippen molar-refractivity contribution in [3.63, 3.8) is 0 Å². The van der Waals surface area contributed by atoms with Crippen LogP contribution in [0.15, 0.2) is 72.1 Å². The lowest BCUT2D eigenvalue weighted by atomic mass is 9.97. The van der Waals surface area contributed by atoms with Crippen LogP contribution in [0.2, 0.25) is 0 Å². The van der Waals surface area contributed by atoms with Crippen LogP contribution in [0.5, 0.6) is 0 Å². The monoisotopic (exact) mass is 440 g/mol. The highest BCUT2D eigenvalue weighted by atomic mass is 32.2. The third kappa shape index (κ3) is 4.80. The lowest BCUT2D eigenvalue weighted by Gasteiger charge is -2.30. The SMILES string of the molecule is O=C(Nc1ccccc1-c1cccs1)C1CCN(S(=O)(=O)Cc2ccccc2)CC1. The summed E-state index contributed by atoms with van der Waals surface area (Å²) in [5.74, 6) is -0.234. The Balaban J connectivity index is 1.37. The maximum atomic E-state index is 12.9. The van der Waals surface area contributed by atoms with Crippen molar-refractivity contribution in [1.82, 2.24) is 4.31 Å². The van der Waals surface area contributed by atoms with Gasteiger partial charge in [0, 0.05) is 35.1 Å². The average Bonchev–Trinajstić information content (AvgIpc) is 3.29. The normalized spacial score (nSPS) is 15.7. The van der Waals surface area contributed by atoms with Crippen LogP contribution in [-0.4, -0.2) is 31.7 Å². The molecule has 3 aromatic rings. The highest BCUT2D eigenvalue weighted by Crippen LogP contribution is 2.32. The van der Waals surface area contributed by atoms with Crippen molar-refractivity contribution in [2.45, 2.75) is 18.6 Å². The molecule has 5 nitrogen and oxygen atoms in total. The number of carbonyl (C=O) groups excluding carboxylic acids is 1. The Labute approximate surface area is 181 Å².